The van der Waals surface area contributed by atoms with Crippen LogP contribution in [0.2, 0.25) is 0 Å². The Labute approximate surface area is 124 Å². The minimum atomic E-state index is 0.436. The van der Waals surface area contributed by atoms with E-state index < -0.39 is 0 Å². The largest absolute Gasteiger partial charge is 0.310 e. The number of likely N-dealkylation sites (N-methyl/N-ethyl adjacent to an activating group) is 1. The predicted octanol–water partition coefficient (Wildman–Crippen LogP) is 2.96. The van der Waals surface area contributed by atoms with Crippen molar-refractivity contribution in [3.05, 3.63) is 23.7 Å². The number of nitrogens with zero attached hydrogens (tertiary/aromatic N) is 4. The minimum absolute atomic E-state index is 0.436. The first-order chi connectivity index (χ1) is 9.69. The Morgan fingerprint density at radius 3 is 2.90 bits per heavy atom. The van der Waals surface area contributed by atoms with Crippen molar-refractivity contribution in [1.82, 2.24) is 19.4 Å². The van der Waals surface area contributed by atoms with Gasteiger partial charge in [-0.2, -0.15) is 0 Å². The van der Waals surface area contributed by atoms with Gasteiger partial charge < -0.3 is 9.47 Å². The third kappa shape index (κ3) is 2.54. The van der Waals surface area contributed by atoms with Crippen molar-refractivity contribution in [2.24, 2.45) is 0 Å². The number of hydrogen-bond acceptors (Lipinski definition) is 3. The maximum absolute atomic E-state index is 6.07. The second-order valence-corrected chi connectivity index (χ2v) is 5.97. The summed E-state index contributed by atoms with van der Waals surface area (Å²) in [5.41, 5.74) is 2.95. The van der Waals surface area contributed by atoms with E-state index in [9.17, 15) is 0 Å². The smallest absolute Gasteiger partial charge is 0.160 e. The molecule has 5 heteroatoms. The Balaban J connectivity index is 1.98. The quantitative estimate of drug-likeness (QED) is 0.816. The molecule has 0 spiro atoms. The summed E-state index contributed by atoms with van der Waals surface area (Å²) in [5.74, 6) is 1.37. The van der Waals surface area contributed by atoms with Crippen LogP contribution in [0.1, 0.15) is 30.8 Å². The van der Waals surface area contributed by atoms with Gasteiger partial charge in [0.25, 0.3) is 0 Å². The Hall–Kier alpha value is -1.13. The van der Waals surface area contributed by atoms with Crippen LogP contribution in [0.15, 0.2) is 12.1 Å². The molecule has 1 saturated heterocycles. The van der Waals surface area contributed by atoms with E-state index in [1.165, 1.54) is 25.8 Å². The molecule has 108 valence electrons. The summed E-state index contributed by atoms with van der Waals surface area (Å²) in [6, 6.07) is 4.60. The van der Waals surface area contributed by atoms with E-state index in [1.807, 2.05) is 19.1 Å². The number of hydrogen-bond donors (Lipinski definition) is 0. The molecule has 0 bridgehead atoms. The van der Waals surface area contributed by atoms with Gasteiger partial charge >= 0.3 is 0 Å². The molecule has 3 heterocycles. The van der Waals surface area contributed by atoms with E-state index in [-0.39, 0.29) is 0 Å². The molecule has 20 heavy (non-hydrogen) atoms. The number of pyridine rings is 1. The molecule has 0 aromatic carbocycles. The SMILES string of the molecule is Cc1ccc2nc(CCl)n(CC3CCCCN3C)c2n1. The van der Waals surface area contributed by atoms with Crippen LogP contribution >= 0.6 is 11.6 Å². The summed E-state index contributed by atoms with van der Waals surface area (Å²) in [5, 5.41) is 0. The highest BCUT2D eigenvalue weighted by Gasteiger charge is 2.22. The van der Waals surface area contributed by atoms with Crippen LogP contribution in [0.4, 0.5) is 0 Å². The molecule has 1 atom stereocenters. The van der Waals surface area contributed by atoms with Gasteiger partial charge in [-0.05, 0) is 45.5 Å². The Kier molecular flexibility index (Phi) is 3.94. The summed E-state index contributed by atoms with van der Waals surface area (Å²) < 4.78 is 2.21. The first-order valence-corrected chi connectivity index (χ1v) is 7.81. The van der Waals surface area contributed by atoms with Gasteiger partial charge in [0.1, 0.15) is 11.3 Å². The summed E-state index contributed by atoms with van der Waals surface area (Å²) >= 11 is 6.07. The van der Waals surface area contributed by atoms with E-state index in [0.717, 1.165) is 29.2 Å². The van der Waals surface area contributed by atoms with Crippen molar-refractivity contribution < 1.29 is 0 Å². The van der Waals surface area contributed by atoms with Crippen LogP contribution in [0.5, 0.6) is 0 Å². The lowest BCUT2D eigenvalue weighted by molar-refractivity contribution is 0.167. The monoisotopic (exact) mass is 292 g/mol. The fraction of sp³-hybridized carbons (Fsp3) is 0.600. The third-order valence-corrected chi connectivity index (χ3v) is 4.48. The van der Waals surface area contributed by atoms with Crippen molar-refractivity contribution in [3.8, 4) is 0 Å². The summed E-state index contributed by atoms with van der Waals surface area (Å²) in [4.78, 5) is 11.7. The number of likely N-dealkylation sites (tertiary alicyclic amines) is 1. The standard InChI is InChI=1S/C15H21ClN4/c1-11-6-7-13-15(17-11)20(14(9-16)18-13)10-12-5-3-4-8-19(12)2/h6-7,12H,3-5,8-10H2,1-2H3. The fourth-order valence-corrected chi connectivity index (χ4v) is 3.23. The lowest BCUT2D eigenvalue weighted by Crippen LogP contribution is -2.39. The van der Waals surface area contributed by atoms with Gasteiger partial charge in [0, 0.05) is 18.3 Å². The number of fused-ring (bicyclic) bond motifs is 1. The first kappa shape index (κ1) is 13.8. The van der Waals surface area contributed by atoms with Crippen molar-refractivity contribution in [3.63, 3.8) is 0 Å². The third-order valence-electron chi connectivity index (χ3n) is 4.24. The van der Waals surface area contributed by atoms with Gasteiger partial charge in [-0.25, -0.2) is 9.97 Å². The predicted molar refractivity (Wildman–Crippen MR) is 82.1 cm³/mol. The van der Waals surface area contributed by atoms with Gasteiger partial charge in [0.05, 0.1) is 5.88 Å². The molecule has 0 N–H and O–H groups in total. The molecule has 2 aromatic heterocycles. The van der Waals surface area contributed by atoms with Gasteiger partial charge in [-0.1, -0.05) is 6.42 Å². The number of imidazole rings is 1. The molecule has 0 saturated carbocycles. The lowest BCUT2D eigenvalue weighted by atomic mass is 10.0. The molecule has 1 aliphatic rings. The normalized spacial score (nSPS) is 20.6. The summed E-state index contributed by atoms with van der Waals surface area (Å²) in [6.07, 6.45) is 3.85. The van der Waals surface area contributed by atoms with Gasteiger partial charge in [-0.15, -0.1) is 11.6 Å². The van der Waals surface area contributed by atoms with Gasteiger partial charge in [-0.3, -0.25) is 0 Å². The highest BCUT2D eigenvalue weighted by molar-refractivity contribution is 6.16. The van der Waals surface area contributed by atoms with Crippen LogP contribution in [0.3, 0.4) is 0 Å². The average Bonchev–Trinajstić information content (AvgIpc) is 2.79. The second-order valence-electron chi connectivity index (χ2n) is 5.70. The lowest BCUT2D eigenvalue weighted by Gasteiger charge is -2.33. The molecule has 4 nitrogen and oxygen atoms in total. The minimum Gasteiger partial charge on any atom is -0.310 e. The van der Waals surface area contributed by atoms with Crippen LogP contribution < -0.4 is 0 Å². The molecule has 3 rings (SSSR count). The maximum Gasteiger partial charge on any atom is 0.160 e. The number of piperidine rings is 1. The topological polar surface area (TPSA) is 34.0 Å². The van der Waals surface area contributed by atoms with Crippen LogP contribution in [0, 0.1) is 6.92 Å². The average molecular weight is 293 g/mol. The number of aromatic nitrogens is 3. The molecule has 0 amide bonds. The maximum atomic E-state index is 6.07. The molecular weight excluding hydrogens is 272 g/mol. The van der Waals surface area contributed by atoms with Crippen LogP contribution in [0.25, 0.3) is 11.2 Å². The zero-order chi connectivity index (χ0) is 14.1. The van der Waals surface area contributed by atoms with E-state index >= 15 is 0 Å². The molecule has 0 radical (unpaired) electrons. The number of rotatable bonds is 3. The van der Waals surface area contributed by atoms with E-state index in [0.29, 0.717) is 11.9 Å². The van der Waals surface area contributed by atoms with E-state index in [2.05, 4.69) is 26.5 Å². The van der Waals surface area contributed by atoms with E-state index in [1.54, 1.807) is 0 Å². The number of aryl methyl sites for hydroxylation is 1. The summed E-state index contributed by atoms with van der Waals surface area (Å²) in [6.45, 7) is 4.13. The molecule has 1 fully saturated rings. The second kappa shape index (κ2) is 5.70. The zero-order valence-electron chi connectivity index (χ0n) is 12.1. The molecule has 1 aliphatic heterocycles. The molecule has 2 aromatic rings. The number of halogens is 1. The first-order valence-electron chi connectivity index (χ1n) is 7.28. The van der Waals surface area contributed by atoms with Gasteiger partial charge in [0.15, 0.2) is 5.65 Å². The van der Waals surface area contributed by atoms with Crippen molar-refractivity contribution >= 4 is 22.8 Å². The van der Waals surface area contributed by atoms with Crippen molar-refractivity contribution in [2.75, 3.05) is 13.6 Å². The Morgan fingerprint density at radius 2 is 2.15 bits per heavy atom. The molecule has 1 unspecified atom stereocenters. The van der Waals surface area contributed by atoms with Crippen LogP contribution in [-0.2, 0) is 12.4 Å². The fourth-order valence-electron chi connectivity index (χ4n) is 3.02. The Bertz CT molecular complexity index is 607. The number of alkyl halides is 1. The highest BCUT2D eigenvalue weighted by Crippen LogP contribution is 2.21. The van der Waals surface area contributed by atoms with Crippen LogP contribution in [-0.4, -0.2) is 39.1 Å². The molecule has 0 aliphatic carbocycles. The zero-order valence-corrected chi connectivity index (χ0v) is 12.9. The Morgan fingerprint density at radius 1 is 1.30 bits per heavy atom. The molecular formula is C15H21ClN4. The van der Waals surface area contributed by atoms with Crippen molar-refractivity contribution in [1.29, 1.82) is 0 Å². The van der Waals surface area contributed by atoms with Crippen molar-refractivity contribution in [2.45, 2.75) is 44.7 Å². The van der Waals surface area contributed by atoms with E-state index in [4.69, 9.17) is 11.6 Å². The summed E-state index contributed by atoms with van der Waals surface area (Å²) in [7, 11) is 2.21. The van der Waals surface area contributed by atoms with Gasteiger partial charge in [0.2, 0.25) is 0 Å². The highest BCUT2D eigenvalue weighted by atomic mass is 35.5.